The van der Waals surface area contributed by atoms with Gasteiger partial charge in [-0.15, -0.1) is 0 Å². The van der Waals surface area contributed by atoms with Crippen molar-refractivity contribution < 1.29 is 14.3 Å². The summed E-state index contributed by atoms with van der Waals surface area (Å²) in [6, 6.07) is 15.6. The van der Waals surface area contributed by atoms with E-state index in [1.165, 1.54) is 12.0 Å². The molecular weight excluding hydrogens is 402 g/mol. The molecule has 0 unspecified atom stereocenters. The van der Waals surface area contributed by atoms with Crippen LogP contribution in [0.2, 0.25) is 0 Å². The van der Waals surface area contributed by atoms with Gasteiger partial charge in [-0.1, -0.05) is 11.6 Å². The van der Waals surface area contributed by atoms with Crippen LogP contribution in [0.5, 0.6) is 5.75 Å². The number of benzene rings is 2. The number of cyclic esters (lactones) is 1. The standard InChI is InChI=1S/C26H25N3O3/c1-17-6-11-22-19(14-17)15-20(24(27-22)29-12-4-3-5-13-29)16-23-26(30)32-25(28-23)18-7-9-21(31-2)10-8-18/h6-11,14-16H,3-5,12-13H2,1-2H3. The summed E-state index contributed by atoms with van der Waals surface area (Å²) in [6.45, 7) is 3.99. The number of hydrogen-bond donors (Lipinski definition) is 0. The van der Waals surface area contributed by atoms with E-state index < -0.39 is 5.97 Å². The SMILES string of the molecule is COc1ccc(C2=NC(=Cc3cc4cc(C)ccc4nc3N3CCCCC3)C(=O)O2)cc1. The van der Waals surface area contributed by atoms with Gasteiger partial charge in [0.2, 0.25) is 5.90 Å². The van der Waals surface area contributed by atoms with Crippen LogP contribution in [0.15, 0.2) is 59.2 Å². The number of aromatic nitrogens is 1. The zero-order valence-corrected chi connectivity index (χ0v) is 18.3. The van der Waals surface area contributed by atoms with Gasteiger partial charge in [0.25, 0.3) is 0 Å². The monoisotopic (exact) mass is 427 g/mol. The highest BCUT2D eigenvalue weighted by atomic mass is 16.6. The van der Waals surface area contributed by atoms with Gasteiger partial charge in [-0.2, -0.15) is 0 Å². The highest BCUT2D eigenvalue weighted by Gasteiger charge is 2.25. The first kappa shape index (κ1) is 20.2. The summed E-state index contributed by atoms with van der Waals surface area (Å²) in [7, 11) is 1.61. The summed E-state index contributed by atoms with van der Waals surface area (Å²) in [5, 5.41) is 1.04. The second kappa shape index (κ2) is 8.46. The lowest BCUT2D eigenvalue weighted by atomic mass is 10.1. The summed E-state index contributed by atoms with van der Waals surface area (Å²) in [5.41, 5.74) is 4.02. The number of piperidine rings is 1. The van der Waals surface area contributed by atoms with E-state index in [4.69, 9.17) is 14.5 Å². The third kappa shape index (κ3) is 3.96. The molecule has 0 bridgehead atoms. The molecule has 5 rings (SSSR count). The van der Waals surface area contributed by atoms with E-state index >= 15 is 0 Å². The summed E-state index contributed by atoms with van der Waals surface area (Å²) in [5.74, 6) is 1.48. The molecule has 1 fully saturated rings. The molecule has 1 aromatic heterocycles. The second-order valence-electron chi connectivity index (χ2n) is 8.21. The fraction of sp³-hybridized carbons (Fsp3) is 0.269. The van der Waals surface area contributed by atoms with Crippen molar-refractivity contribution in [1.29, 1.82) is 0 Å². The Labute approximate surface area is 187 Å². The van der Waals surface area contributed by atoms with Crippen LogP contribution in [0, 0.1) is 6.92 Å². The maximum Gasteiger partial charge on any atom is 0.363 e. The number of rotatable bonds is 4. The molecule has 0 atom stereocenters. The van der Waals surface area contributed by atoms with Crippen molar-refractivity contribution in [3.05, 3.63) is 70.9 Å². The molecule has 1 saturated heterocycles. The second-order valence-corrected chi connectivity index (χ2v) is 8.21. The molecule has 0 spiro atoms. The topological polar surface area (TPSA) is 64.0 Å². The van der Waals surface area contributed by atoms with E-state index in [1.807, 2.05) is 24.3 Å². The van der Waals surface area contributed by atoms with Crippen LogP contribution in [-0.2, 0) is 9.53 Å². The van der Waals surface area contributed by atoms with Gasteiger partial charge < -0.3 is 14.4 Å². The Morgan fingerprint density at radius 3 is 2.56 bits per heavy atom. The average molecular weight is 428 g/mol. The number of anilines is 1. The van der Waals surface area contributed by atoms with Crippen molar-refractivity contribution in [1.82, 2.24) is 4.98 Å². The number of esters is 1. The molecule has 3 heterocycles. The zero-order valence-electron chi connectivity index (χ0n) is 18.3. The summed E-state index contributed by atoms with van der Waals surface area (Å²) in [6.07, 6.45) is 5.33. The number of carbonyl (C=O) groups is 1. The minimum atomic E-state index is -0.454. The van der Waals surface area contributed by atoms with Crippen LogP contribution in [0.4, 0.5) is 5.82 Å². The first-order chi connectivity index (χ1) is 15.6. The normalized spacial score (nSPS) is 17.6. The van der Waals surface area contributed by atoms with Gasteiger partial charge in [0, 0.05) is 29.6 Å². The highest BCUT2D eigenvalue weighted by Crippen LogP contribution is 2.30. The zero-order chi connectivity index (χ0) is 22.1. The summed E-state index contributed by atoms with van der Waals surface area (Å²) >= 11 is 0. The van der Waals surface area contributed by atoms with E-state index in [2.05, 4.69) is 41.1 Å². The van der Waals surface area contributed by atoms with Crippen molar-refractivity contribution >= 4 is 34.7 Å². The van der Waals surface area contributed by atoms with Gasteiger partial charge in [0.1, 0.15) is 11.6 Å². The average Bonchev–Trinajstić information content (AvgIpc) is 3.19. The van der Waals surface area contributed by atoms with Crippen molar-refractivity contribution in [2.75, 3.05) is 25.1 Å². The van der Waals surface area contributed by atoms with Crippen LogP contribution in [0.3, 0.4) is 0 Å². The number of aliphatic imine (C=N–C) groups is 1. The quantitative estimate of drug-likeness (QED) is 0.438. The molecule has 0 aliphatic carbocycles. The number of pyridine rings is 1. The number of hydrogen-bond acceptors (Lipinski definition) is 6. The Hall–Kier alpha value is -3.67. The highest BCUT2D eigenvalue weighted by molar-refractivity contribution is 6.13. The van der Waals surface area contributed by atoms with Crippen LogP contribution in [0.25, 0.3) is 17.0 Å². The first-order valence-electron chi connectivity index (χ1n) is 10.9. The van der Waals surface area contributed by atoms with Gasteiger partial charge in [-0.25, -0.2) is 14.8 Å². The van der Waals surface area contributed by atoms with Crippen LogP contribution >= 0.6 is 0 Å². The number of nitrogens with zero attached hydrogens (tertiary/aromatic N) is 3. The van der Waals surface area contributed by atoms with E-state index in [-0.39, 0.29) is 5.70 Å². The molecule has 0 saturated carbocycles. The van der Waals surface area contributed by atoms with Crippen molar-refractivity contribution in [2.24, 2.45) is 4.99 Å². The largest absolute Gasteiger partial charge is 0.497 e. The molecule has 6 heteroatoms. The third-order valence-corrected chi connectivity index (χ3v) is 5.88. The van der Waals surface area contributed by atoms with Gasteiger partial charge in [-0.05, 0) is 74.7 Å². The fourth-order valence-corrected chi connectivity index (χ4v) is 4.18. The predicted molar refractivity (Wildman–Crippen MR) is 126 cm³/mol. The molecule has 2 aliphatic heterocycles. The number of fused-ring (bicyclic) bond motifs is 1. The molecule has 0 N–H and O–H groups in total. The van der Waals surface area contributed by atoms with E-state index in [0.29, 0.717) is 5.90 Å². The number of carbonyl (C=O) groups excluding carboxylic acids is 1. The van der Waals surface area contributed by atoms with Gasteiger partial charge in [0.05, 0.1) is 12.6 Å². The lowest BCUT2D eigenvalue weighted by Crippen LogP contribution is -2.30. The smallest absolute Gasteiger partial charge is 0.363 e. The fourth-order valence-electron chi connectivity index (χ4n) is 4.18. The molecular formula is C26H25N3O3. The van der Waals surface area contributed by atoms with E-state index in [9.17, 15) is 4.79 Å². The lowest BCUT2D eigenvalue weighted by Gasteiger charge is -2.29. The molecule has 162 valence electrons. The summed E-state index contributed by atoms with van der Waals surface area (Å²) < 4.78 is 10.7. The Kier molecular flexibility index (Phi) is 5.35. The van der Waals surface area contributed by atoms with Gasteiger partial charge >= 0.3 is 5.97 Å². The van der Waals surface area contributed by atoms with Crippen molar-refractivity contribution in [3.8, 4) is 5.75 Å². The number of ether oxygens (including phenoxy) is 2. The third-order valence-electron chi connectivity index (χ3n) is 5.88. The predicted octanol–water partition coefficient (Wildman–Crippen LogP) is 4.89. The lowest BCUT2D eigenvalue weighted by molar-refractivity contribution is -0.129. The Bertz CT molecular complexity index is 1240. The van der Waals surface area contributed by atoms with E-state index in [0.717, 1.165) is 59.5 Å². The van der Waals surface area contributed by atoms with Gasteiger partial charge in [0.15, 0.2) is 5.70 Å². The van der Waals surface area contributed by atoms with E-state index in [1.54, 1.807) is 13.2 Å². The maximum absolute atomic E-state index is 12.6. The van der Waals surface area contributed by atoms with Gasteiger partial charge in [-0.3, -0.25) is 0 Å². The summed E-state index contributed by atoms with van der Waals surface area (Å²) in [4.78, 5) is 24.4. The van der Waals surface area contributed by atoms with Crippen LogP contribution in [-0.4, -0.2) is 37.1 Å². The first-order valence-corrected chi connectivity index (χ1v) is 10.9. The Morgan fingerprint density at radius 1 is 1.03 bits per heavy atom. The minimum absolute atomic E-state index is 0.280. The molecule has 0 amide bonds. The van der Waals surface area contributed by atoms with Crippen LogP contribution in [0.1, 0.15) is 36.0 Å². The Balaban J connectivity index is 1.57. The molecule has 2 aromatic carbocycles. The van der Waals surface area contributed by atoms with Crippen LogP contribution < -0.4 is 9.64 Å². The molecule has 2 aliphatic rings. The molecule has 3 aromatic rings. The minimum Gasteiger partial charge on any atom is -0.497 e. The number of aryl methyl sites for hydroxylation is 1. The number of methoxy groups -OCH3 is 1. The molecule has 32 heavy (non-hydrogen) atoms. The maximum atomic E-state index is 12.6. The molecule has 6 nitrogen and oxygen atoms in total. The Morgan fingerprint density at radius 2 is 1.81 bits per heavy atom. The van der Waals surface area contributed by atoms with Crippen molar-refractivity contribution in [2.45, 2.75) is 26.2 Å². The molecule has 0 radical (unpaired) electrons. The van der Waals surface area contributed by atoms with Crippen molar-refractivity contribution in [3.63, 3.8) is 0 Å².